The van der Waals surface area contributed by atoms with Gasteiger partial charge >= 0.3 is 5.92 Å². The van der Waals surface area contributed by atoms with Crippen molar-refractivity contribution in [2.45, 2.75) is 32.7 Å². The average Bonchev–Trinajstić information content (AvgIpc) is 3.43. The topological polar surface area (TPSA) is 85.2 Å². The van der Waals surface area contributed by atoms with Crippen LogP contribution in [0.4, 0.5) is 8.78 Å². The summed E-state index contributed by atoms with van der Waals surface area (Å²) >= 11 is 0. The van der Waals surface area contributed by atoms with E-state index in [1.807, 2.05) is 67.6 Å². The molecule has 2 aromatic carbocycles. The second kappa shape index (κ2) is 8.55. The van der Waals surface area contributed by atoms with E-state index in [0.29, 0.717) is 24.6 Å². The van der Waals surface area contributed by atoms with Gasteiger partial charge in [0.1, 0.15) is 5.82 Å². The normalized spacial score (nSPS) is 12.0. The highest BCUT2D eigenvalue weighted by Gasteiger charge is 2.31. The van der Waals surface area contributed by atoms with Crippen molar-refractivity contribution in [2.75, 3.05) is 0 Å². The van der Waals surface area contributed by atoms with Crippen LogP contribution < -0.4 is 0 Å². The summed E-state index contributed by atoms with van der Waals surface area (Å²) in [4.78, 5) is 4.05. The SMILES string of the molecule is CC=CCc1nc(C(C)(F)F)nn1Cc1ccc(-c2ccccc2-c2nn[nH]n2)cc1. The van der Waals surface area contributed by atoms with Crippen LogP contribution in [0.2, 0.25) is 0 Å². The number of allylic oxidation sites excluding steroid dienone is 2. The first-order valence-electron chi connectivity index (χ1n) is 9.81. The van der Waals surface area contributed by atoms with Crippen LogP contribution in [0.5, 0.6) is 0 Å². The van der Waals surface area contributed by atoms with E-state index >= 15 is 0 Å². The van der Waals surface area contributed by atoms with Crippen molar-refractivity contribution < 1.29 is 8.78 Å². The first-order valence-corrected chi connectivity index (χ1v) is 9.81. The van der Waals surface area contributed by atoms with Crippen molar-refractivity contribution in [1.82, 2.24) is 35.4 Å². The molecule has 0 aliphatic heterocycles. The van der Waals surface area contributed by atoms with Gasteiger partial charge in [0.25, 0.3) is 0 Å². The number of benzene rings is 2. The molecule has 158 valence electrons. The van der Waals surface area contributed by atoms with Crippen LogP contribution in [0.25, 0.3) is 22.5 Å². The molecule has 0 spiro atoms. The zero-order valence-electron chi connectivity index (χ0n) is 17.1. The van der Waals surface area contributed by atoms with Gasteiger partial charge in [-0.05, 0) is 28.8 Å². The Balaban J connectivity index is 1.61. The van der Waals surface area contributed by atoms with E-state index in [9.17, 15) is 8.78 Å². The number of halogens is 2. The number of tetrazole rings is 1. The maximum Gasteiger partial charge on any atom is 0.305 e. The predicted octanol–water partition coefficient (Wildman–Crippen LogP) is 4.40. The van der Waals surface area contributed by atoms with Gasteiger partial charge < -0.3 is 0 Å². The summed E-state index contributed by atoms with van der Waals surface area (Å²) < 4.78 is 29.0. The molecule has 1 N–H and O–H groups in total. The van der Waals surface area contributed by atoms with Gasteiger partial charge in [0.2, 0.25) is 11.6 Å². The number of hydrogen-bond donors (Lipinski definition) is 1. The molecule has 2 heterocycles. The minimum Gasteiger partial charge on any atom is -0.245 e. The summed E-state index contributed by atoms with van der Waals surface area (Å²) in [6, 6.07) is 15.6. The average molecular weight is 421 g/mol. The van der Waals surface area contributed by atoms with Gasteiger partial charge in [-0.15, -0.1) is 15.3 Å². The summed E-state index contributed by atoms with van der Waals surface area (Å²) in [5, 5.41) is 18.3. The Morgan fingerprint density at radius 1 is 1.06 bits per heavy atom. The molecule has 0 saturated heterocycles. The Kier molecular flexibility index (Phi) is 5.66. The molecule has 0 atom stereocenters. The number of H-pyrrole nitrogens is 1. The predicted molar refractivity (Wildman–Crippen MR) is 112 cm³/mol. The fourth-order valence-electron chi connectivity index (χ4n) is 3.23. The maximum atomic E-state index is 13.7. The lowest BCUT2D eigenvalue weighted by atomic mass is 9.98. The highest BCUT2D eigenvalue weighted by Crippen LogP contribution is 2.30. The molecular weight excluding hydrogens is 400 g/mol. The zero-order valence-corrected chi connectivity index (χ0v) is 17.1. The lowest BCUT2D eigenvalue weighted by molar-refractivity contribution is 0.00756. The van der Waals surface area contributed by atoms with E-state index in [0.717, 1.165) is 29.2 Å². The second-order valence-electron chi connectivity index (χ2n) is 7.15. The van der Waals surface area contributed by atoms with E-state index < -0.39 is 11.7 Å². The molecule has 4 rings (SSSR count). The number of nitrogens with zero attached hydrogens (tertiary/aromatic N) is 6. The molecular formula is C22H21F2N7. The molecule has 9 heteroatoms. The molecule has 0 radical (unpaired) electrons. The van der Waals surface area contributed by atoms with Gasteiger partial charge in [-0.1, -0.05) is 60.7 Å². The van der Waals surface area contributed by atoms with Gasteiger partial charge in [0.05, 0.1) is 6.54 Å². The highest BCUT2D eigenvalue weighted by molar-refractivity contribution is 5.80. The number of aromatic amines is 1. The Labute approximate surface area is 177 Å². The third-order valence-corrected chi connectivity index (χ3v) is 4.79. The van der Waals surface area contributed by atoms with Crippen molar-refractivity contribution in [1.29, 1.82) is 0 Å². The van der Waals surface area contributed by atoms with Crippen LogP contribution >= 0.6 is 0 Å². The lowest BCUT2D eigenvalue weighted by Crippen LogP contribution is -2.11. The van der Waals surface area contributed by atoms with E-state index in [4.69, 9.17) is 0 Å². The molecule has 2 aromatic heterocycles. The van der Waals surface area contributed by atoms with Crippen molar-refractivity contribution in [2.24, 2.45) is 0 Å². The molecule has 0 saturated carbocycles. The van der Waals surface area contributed by atoms with Crippen molar-refractivity contribution >= 4 is 0 Å². The highest BCUT2D eigenvalue weighted by atomic mass is 19.3. The summed E-state index contributed by atoms with van der Waals surface area (Å²) in [6.07, 6.45) is 4.17. The number of aromatic nitrogens is 7. The molecule has 4 aromatic rings. The summed E-state index contributed by atoms with van der Waals surface area (Å²) in [5.41, 5.74) is 3.75. The number of hydrogen-bond acceptors (Lipinski definition) is 5. The van der Waals surface area contributed by atoms with Gasteiger partial charge in [0.15, 0.2) is 0 Å². The van der Waals surface area contributed by atoms with Crippen molar-refractivity contribution in [3.63, 3.8) is 0 Å². The molecule has 7 nitrogen and oxygen atoms in total. The smallest absolute Gasteiger partial charge is 0.245 e. The number of nitrogens with one attached hydrogen (secondary N) is 1. The minimum atomic E-state index is -3.08. The molecule has 0 amide bonds. The maximum absolute atomic E-state index is 13.7. The largest absolute Gasteiger partial charge is 0.305 e. The third-order valence-electron chi connectivity index (χ3n) is 4.79. The van der Waals surface area contributed by atoms with E-state index in [-0.39, 0.29) is 0 Å². The van der Waals surface area contributed by atoms with Crippen LogP contribution in [0.15, 0.2) is 60.7 Å². The fourth-order valence-corrected chi connectivity index (χ4v) is 3.23. The Morgan fingerprint density at radius 2 is 1.81 bits per heavy atom. The van der Waals surface area contributed by atoms with Gasteiger partial charge in [-0.2, -0.15) is 14.0 Å². The van der Waals surface area contributed by atoms with Gasteiger partial charge in [-0.3, -0.25) is 0 Å². The number of rotatable bonds is 7. The van der Waals surface area contributed by atoms with E-state index in [2.05, 4.69) is 30.7 Å². The molecule has 0 bridgehead atoms. The molecule has 0 unspecified atom stereocenters. The quantitative estimate of drug-likeness (QED) is 0.447. The summed E-state index contributed by atoms with van der Waals surface area (Å²) in [7, 11) is 0. The standard InChI is InChI=1S/C22H21F2N7/c1-3-4-9-19-25-21(22(2,23)24)28-31(19)14-15-10-12-16(13-11-15)17-7-5-6-8-18(17)20-26-29-30-27-20/h3-8,10-13H,9,14H2,1-2H3,(H,26,27,29,30). The molecule has 0 aliphatic rings. The van der Waals surface area contributed by atoms with Gasteiger partial charge in [-0.25, -0.2) is 9.67 Å². The van der Waals surface area contributed by atoms with Crippen LogP contribution in [0.1, 0.15) is 31.1 Å². The van der Waals surface area contributed by atoms with Crippen LogP contribution in [-0.4, -0.2) is 35.4 Å². The van der Waals surface area contributed by atoms with Crippen LogP contribution in [0.3, 0.4) is 0 Å². The minimum absolute atomic E-state index is 0.350. The van der Waals surface area contributed by atoms with Crippen LogP contribution in [0, 0.1) is 0 Å². The number of alkyl halides is 2. The summed E-state index contributed by atoms with van der Waals surface area (Å²) in [5.74, 6) is -2.53. The Bertz CT molecular complexity index is 1170. The third kappa shape index (κ3) is 4.55. The fraction of sp³-hybridized carbons (Fsp3) is 0.227. The molecule has 0 aliphatic carbocycles. The van der Waals surface area contributed by atoms with Crippen molar-refractivity contribution in [3.8, 4) is 22.5 Å². The van der Waals surface area contributed by atoms with E-state index in [1.165, 1.54) is 4.68 Å². The second-order valence-corrected chi connectivity index (χ2v) is 7.15. The van der Waals surface area contributed by atoms with Crippen LogP contribution in [-0.2, 0) is 18.9 Å². The van der Waals surface area contributed by atoms with E-state index in [1.54, 1.807) is 0 Å². The molecule has 31 heavy (non-hydrogen) atoms. The molecule has 0 fully saturated rings. The van der Waals surface area contributed by atoms with Gasteiger partial charge in [0, 0.05) is 18.9 Å². The lowest BCUT2D eigenvalue weighted by Gasteiger charge is -2.09. The first kappa shape index (κ1) is 20.5. The van der Waals surface area contributed by atoms with Crippen molar-refractivity contribution in [3.05, 3.63) is 77.9 Å². The first-order chi connectivity index (χ1) is 15.0. The Hall–Kier alpha value is -3.75. The Morgan fingerprint density at radius 3 is 2.45 bits per heavy atom. The zero-order chi connectivity index (χ0) is 21.8. The monoisotopic (exact) mass is 421 g/mol. The summed E-state index contributed by atoms with van der Waals surface area (Å²) in [6.45, 7) is 3.03.